The summed E-state index contributed by atoms with van der Waals surface area (Å²) < 4.78 is 5.56. The van der Waals surface area contributed by atoms with Gasteiger partial charge < -0.3 is 20.5 Å². The van der Waals surface area contributed by atoms with E-state index in [0.717, 1.165) is 5.56 Å². The maximum absolute atomic E-state index is 12.1. The number of likely N-dealkylation sites (tertiary alicyclic amines) is 1. The molecule has 0 aliphatic carbocycles. The van der Waals surface area contributed by atoms with E-state index in [1.807, 2.05) is 31.2 Å². The van der Waals surface area contributed by atoms with Crippen LogP contribution in [0.5, 0.6) is 5.75 Å². The molecule has 0 atom stereocenters. The maximum Gasteiger partial charge on any atom is 0.260 e. The zero-order chi connectivity index (χ0) is 14.6. The maximum atomic E-state index is 12.1. The number of rotatable bonds is 4. The first kappa shape index (κ1) is 14.8. The van der Waals surface area contributed by atoms with Gasteiger partial charge in [-0.05, 0) is 25.8 Å². The summed E-state index contributed by atoms with van der Waals surface area (Å²) in [6.07, 6.45) is 1.22. The molecule has 2 rings (SSSR count). The summed E-state index contributed by atoms with van der Waals surface area (Å²) in [6.45, 7) is 3.36. The summed E-state index contributed by atoms with van der Waals surface area (Å²) in [7, 11) is 0. The molecular weight excluding hydrogens is 256 g/mol. The lowest BCUT2D eigenvalue weighted by Gasteiger charge is -2.35. The summed E-state index contributed by atoms with van der Waals surface area (Å²) >= 11 is 0. The Labute approximate surface area is 119 Å². The molecule has 1 heterocycles. The minimum Gasteiger partial charge on any atom is -0.483 e. The third kappa shape index (κ3) is 3.71. The Morgan fingerprint density at radius 3 is 2.70 bits per heavy atom. The highest BCUT2D eigenvalue weighted by molar-refractivity contribution is 5.78. The fraction of sp³-hybridized carbons (Fsp3) is 0.533. The highest BCUT2D eigenvalue weighted by atomic mass is 16.5. The van der Waals surface area contributed by atoms with Crippen molar-refractivity contribution in [2.75, 3.05) is 19.7 Å². The third-order valence-corrected chi connectivity index (χ3v) is 3.74. The van der Waals surface area contributed by atoms with E-state index < -0.39 is 5.60 Å². The van der Waals surface area contributed by atoms with E-state index in [1.54, 1.807) is 4.90 Å². The lowest BCUT2D eigenvalue weighted by molar-refractivity contribution is -0.137. The number of nitrogens with two attached hydrogens (primary N) is 1. The summed E-state index contributed by atoms with van der Waals surface area (Å²) in [4.78, 5) is 13.8. The minimum absolute atomic E-state index is 0.0131. The van der Waals surface area contributed by atoms with Crippen LogP contribution in [0.3, 0.4) is 0 Å². The van der Waals surface area contributed by atoms with Gasteiger partial charge in [-0.1, -0.05) is 18.2 Å². The van der Waals surface area contributed by atoms with E-state index in [1.165, 1.54) is 0 Å². The van der Waals surface area contributed by atoms with Crippen molar-refractivity contribution in [3.05, 3.63) is 29.8 Å². The normalized spacial score (nSPS) is 17.9. The average Bonchev–Trinajstić information content (AvgIpc) is 2.45. The Balaban J connectivity index is 1.86. The Morgan fingerprint density at radius 2 is 2.05 bits per heavy atom. The van der Waals surface area contributed by atoms with E-state index in [4.69, 9.17) is 10.5 Å². The molecule has 1 aromatic rings. The molecule has 0 bridgehead atoms. The van der Waals surface area contributed by atoms with Crippen LogP contribution in [0.2, 0.25) is 0 Å². The number of ether oxygens (including phenoxy) is 1. The predicted molar refractivity (Wildman–Crippen MR) is 76.3 cm³/mol. The first-order valence-electron chi connectivity index (χ1n) is 6.93. The molecule has 1 aliphatic rings. The molecule has 1 saturated heterocycles. The lowest BCUT2D eigenvalue weighted by Crippen LogP contribution is -2.46. The molecule has 0 aromatic heterocycles. The summed E-state index contributed by atoms with van der Waals surface area (Å²) in [5, 5.41) is 9.87. The van der Waals surface area contributed by atoms with Gasteiger partial charge in [0.25, 0.3) is 5.91 Å². The number of hydrogen-bond acceptors (Lipinski definition) is 4. The van der Waals surface area contributed by atoms with Crippen LogP contribution in [0.4, 0.5) is 0 Å². The van der Waals surface area contributed by atoms with Gasteiger partial charge in [0.2, 0.25) is 0 Å². The number of benzene rings is 1. The van der Waals surface area contributed by atoms with Gasteiger partial charge in [0, 0.05) is 25.2 Å². The molecule has 0 radical (unpaired) electrons. The van der Waals surface area contributed by atoms with Gasteiger partial charge in [0.05, 0.1) is 5.60 Å². The Bertz CT molecular complexity index is 464. The molecule has 0 unspecified atom stereocenters. The molecule has 20 heavy (non-hydrogen) atoms. The second kappa shape index (κ2) is 6.24. The topological polar surface area (TPSA) is 75.8 Å². The van der Waals surface area contributed by atoms with Gasteiger partial charge in [-0.3, -0.25) is 4.79 Å². The van der Waals surface area contributed by atoms with Crippen LogP contribution in [-0.4, -0.2) is 41.2 Å². The van der Waals surface area contributed by atoms with Gasteiger partial charge in [-0.15, -0.1) is 0 Å². The molecule has 5 nitrogen and oxygen atoms in total. The largest absolute Gasteiger partial charge is 0.483 e. The lowest BCUT2D eigenvalue weighted by atomic mass is 9.94. The van der Waals surface area contributed by atoms with Crippen molar-refractivity contribution >= 4 is 5.91 Å². The summed E-state index contributed by atoms with van der Waals surface area (Å²) in [6, 6.07) is 7.45. The van der Waals surface area contributed by atoms with Gasteiger partial charge >= 0.3 is 0 Å². The van der Waals surface area contributed by atoms with Gasteiger partial charge in [-0.25, -0.2) is 0 Å². The van der Waals surface area contributed by atoms with Gasteiger partial charge in [-0.2, -0.15) is 0 Å². The number of para-hydroxylation sites is 1. The smallest absolute Gasteiger partial charge is 0.260 e. The van der Waals surface area contributed by atoms with E-state index in [0.29, 0.717) is 38.2 Å². The van der Waals surface area contributed by atoms with Gasteiger partial charge in [0.15, 0.2) is 6.61 Å². The zero-order valence-corrected chi connectivity index (χ0v) is 11.8. The molecule has 5 heteroatoms. The number of carbonyl (C=O) groups is 1. The van der Waals surface area contributed by atoms with Crippen molar-refractivity contribution in [3.63, 3.8) is 0 Å². The van der Waals surface area contributed by atoms with Crippen LogP contribution in [0.1, 0.15) is 25.3 Å². The molecule has 1 amide bonds. The molecule has 1 aromatic carbocycles. The van der Waals surface area contributed by atoms with Crippen LogP contribution in [0.15, 0.2) is 24.3 Å². The second-order valence-corrected chi connectivity index (χ2v) is 5.48. The SMILES string of the molecule is CC1(O)CCN(C(=O)COc2ccccc2CN)CC1. The highest BCUT2D eigenvalue weighted by Gasteiger charge is 2.29. The number of carbonyl (C=O) groups excluding carboxylic acids is 1. The molecule has 3 N–H and O–H groups in total. The zero-order valence-electron chi connectivity index (χ0n) is 11.8. The van der Waals surface area contributed by atoms with Crippen LogP contribution in [-0.2, 0) is 11.3 Å². The van der Waals surface area contributed by atoms with E-state index in [-0.39, 0.29) is 12.5 Å². The number of nitrogens with zero attached hydrogens (tertiary/aromatic N) is 1. The van der Waals surface area contributed by atoms with Crippen molar-refractivity contribution in [1.82, 2.24) is 4.90 Å². The van der Waals surface area contributed by atoms with Crippen LogP contribution in [0.25, 0.3) is 0 Å². The Hall–Kier alpha value is -1.59. The van der Waals surface area contributed by atoms with Crippen LogP contribution < -0.4 is 10.5 Å². The number of hydrogen-bond donors (Lipinski definition) is 2. The fourth-order valence-electron chi connectivity index (χ4n) is 2.28. The van der Waals surface area contributed by atoms with Crippen molar-refractivity contribution in [1.29, 1.82) is 0 Å². The molecule has 1 aliphatic heterocycles. The Kier molecular flexibility index (Phi) is 4.62. The molecular formula is C15H22N2O3. The van der Waals surface area contributed by atoms with Crippen molar-refractivity contribution in [2.24, 2.45) is 5.73 Å². The standard InChI is InChI=1S/C15H22N2O3/c1-15(19)6-8-17(9-7-15)14(18)11-20-13-5-3-2-4-12(13)10-16/h2-5,19H,6-11,16H2,1H3. The van der Waals surface area contributed by atoms with Crippen molar-refractivity contribution in [3.8, 4) is 5.75 Å². The van der Waals surface area contributed by atoms with E-state index in [2.05, 4.69) is 0 Å². The molecule has 1 fully saturated rings. The number of aliphatic hydroxyl groups is 1. The Morgan fingerprint density at radius 1 is 1.40 bits per heavy atom. The van der Waals surface area contributed by atoms with Crippen LogP contribution >= 0.6 is 0 Å². The first-order valence-corrected chi connectivity index (χ1v) is 6.93. The number of piperidine rings is 1. The third-order valence-electron chi connectivity index (χ3n) is 3.74. The second-order valence-electron chi connectivity index (χ2n) is 5.48. The minimum atomic E-state index is -0.649. The van der Waals surface area contributed by atoms with Crippen LogP contribution in [0, 0.1) is 0 Å². The molecule has 0 spiro atoms. The highest BCUT2D eigenvalue weighted by Crippen LogP contribution is 2.21. The monoisotopic (exact) mass is 278 g/mol. The molecule has 110 valence electrons. The van der Waals surface area contributed by atoms with E-state index in [9.17, 15) is 9.90 Å². The molecule has 0 saturated carbocycles. The van der Waals surface area contributed by atoms with Crippen molar-refractivity contribution in [2.45, 2.75) is 31.9 Å². The first-order chi connectivity index (χ1) is 9.52. The van der Waals surface area contributed by atoms with Gasteiger partial charge in [0.1, 0.15) is 5.75 Å². The summed E-state index contributed by atoms with van der Waals surface area (Å²) in [5.74, 6) is 0.611. The average molecular weight is 278 g/mol. The van der Waals surface area contributed by atoms with E-state index >= 15 is 0 Å². The number of amides is 1. The quantitative estimate of drug-likeness (QED) is 0.858. The fourth-order valence-corrected chi connectivity index (χ4v) is 2.28. The van der Waals surface area contributed by atoms with Crippen molar-refractivity contribution < 1.29 is 14.6 Å². The summed E-state index contributed by atoms with van der Waals surface area (Å²) in [5.41, 5.74) is 5.87. The predicted octanol–water partition coefficient (Wildman–Crippen LogP) is 0.897.